The van der Waals surface area contributed by atoms with Gasteiger partial charge in [-0.15, -0.1) is 0 Å². The highest BCUT2D eigenvalue weighted by molar-refractivity contribution is 5.93. The van der Waals surface area contributed by atoms with Crippen LogP contribution in [0.1, 0.15) is 68.9 Å². The van der Waals surface area contributed by atoms with Crippen molar-refractivity contribution >= 4 is 17.5 Å². The van der Waals surface area contributed by atoms with E-state index in [4.69, 9.17) is 10.5 Å². The zero-order valence-corrected chi connectivity index (χ0v) is 20.9. The van der Waals surface area contributed by atoms with Gasteiger partial charge in [0.15, 0.2) is 0 Å². The third-order valence-electron chi connectivity index (χ3n) is 7.58. The predicted molar refractivity (Wildman–Crippen MR) is 139 cm³/mol. The quantitative estimate of drug-likeness (QED) is 0.557. The van der Waals surface area contributed by atoms with Crippen molar-refractivity contribution in [3.63, 3.8) is 0 Å². The Morgan fingerprint density at radius 3 is 2.34 bits per heavy atom. The number of carbonyl (C=O) groups is 2. The van der Waals surface area contributed by atoms with Crippen LogP contribution >= 0.6 is 0 Å². The van der Waals surface area contributed by atoms with Crippen molar-refractivity contribution in [2.45, 2.75) is 82.8 Å². The van der Waals surface area contributed by atoms with Crippen molar-refractivity contribution in [2.24, 2.45) is 11.7 Å². The zero-order valence-electron chi connectivity index (χ0n) is 20.9. The second-order valence-corrected chi connectivity index (χ2v) is 10.0. The standard InChI is InChI=1S/C29H39N3O3/c1-35-24-17-15-21(16-18-24)19-28(33)31-26-13-7-5-11-23(26)20-32(27-14-8-6-12-25(27)30)29(34)22-9-3-2-4-10-22/h5,7,11,13,15-18,22,25,27H,2-4,6,8-10,12,14,19-20,30H2,1H3,(H,31,33). The summed E-state index contributed by atoms with van der Waals surface area (Å²) in [5, 5.41) is 3.09. The lowest BCUT2D eigenvalue weighted by Gasteiger charge is -2.41. The number of hydrogen-bond acceptors (Lipinski definition) is 4. The SMILES string of the molecule is COc1ccc(CC(=O)Nc2ccccc2CN(C(=O)C2CCCCC2)C2CCCCC2N)cc1. The van der Waals surface area contributed by atoms with Crippen LogP contribution in [0, 0.1) is 5.92 Å². The number of rotatable bonds is 8. The first kappa shape index (κ1) is 25.2. The van der Waals surface area contributed by atoms with E-state index in [1.165, 1.54) is 6.42 Å². The Morgan fingerprint density at radius 2 is 1.63 bits per heavy atom. The van der Waals surface area contributed by atoms with E-state index in [1.54, 1.807) is 7.11 Å². The van der Waals surface area contributed by atoms with Crippen molar-refractivity contribution in [3.05, 3.63) is 59.7 Å². The Morgan fingerprint density at radius 1 is 0.943 bits per heavy atom. The van der Waals surface area contributed by atoms with Gasteiger partial charge in [-0.2, -0.15) is 0 Å². The normalized spacial score (nSPS) is 20.7. The van der Waals surface area contributed by atoms with Crippen molar-refractivity contribution < 1.29 is 14.3 Å². The van der Waals surface area contributed by atoms with Gasteiger partial charge in [-0.3, -0.25) is 9.59 Å². The Labute approximate surface area is 209 Å². The second-order valence-electron chi connectivity index (χ2n) is 10.0. The van der Waals surface area contributed by atoms with E-state index in [1.807, 2.05) is 53.4 Å². The van der Waals surface area contributed by atoms with Gasteiger partial charge in [-0.1, -0.05) is 62.4 Å². The minimum Gasteiger partial charge on any atom is -0.497 e. The summed E-state index contributed by atoms with van der Waals surface area (Å²) in [6, 6.07) is 15.4. The first-order valence-electron chi connectivity index (χ1n) is 13.1. The first-order valence-corrected chi connectivity index (χ1v) is 13.1. The number of ether oxygens (including phenoxy) is 1. The highest BCUT2D eigenvalue weighted by Gasteiger charge is 2.35. The monoisotopic (exact) mass is 477 g/mol. The summed E-state index contributed by atoms with van der Waals surface area (Å²) >= 11 is 0. The minimum absolute atomic E-state index is 0.00751. The number of hydrogen-bond donors (Lipinski definition) is 2. The van der Waals surface area contributed by atoms with Crippen LogP contribution in [-0.4, -0.2) is 35.9 Å². The molecular weight excluding hydrogens is 438 g/mol. The lowest BCUT2D eigenvalue weighted by molar-refractivity contribution is -0.141. The molecule has 2 atom stereocenters. The molecule has 2 saturated carbocycles. The smallest absolute Gasteiger partial charge is 0.228 e. The van der Waals surface area contributed by atoms with Gasteiger partial charge < -0.3 is 20.7 Å². The summed E-state index contributed by atoms with van der Waals surface area (Å²) < 4.78 is 5.20. The summed E-state index contributed by atoms with van der Waals surface area (Å²) in [7, 11) is 1.63. The first-order chi connectivity index (χ1) is 17.0. The van der Waals surface area contributed by atoms with Crippen LogP contribution < -0.4 is 15.8 Å². The van der Waals surface area contributed by atoms with Gasteiger partial charge >= 0.3 is 0 Å². The minimum atomic E-state index is -0.0814. The summed E-state index contributed by atoms with van der Waals surface area (Å²) in [4.78, 5) is 28.7. The summed E-state index contributed by atoms with van der Waals surface area (Å²) in [6.45, 7) is 0.479. The predicted octanol–water partition coefficient (Wildman–Crippen LogP) is 5.06. The van der Waals surface area contributed by atoms with E-state index >= 15 is 0 Å². The molecule has 0 aromatic heterocycles. The molecule has 0 bridgehead atoms. The maximum Gasteiger partial charge on any atom is 0.228 e. The molecular formula is C29H39N3O3. The van der Waals surface area contributed by atoms with Crippen LogP contribution in [0.2, 0.25) is 0 Å². The van der Waals surface area contributed by atoms with E-state index in [0.29, 0.717) is 6.54 Å². The number of anilines is 1. The fourth-order valence-electron chi connectivity index (χ4n) is 5.56. The average Bonchev–Trinajstić information content (AvgIpc) is 2.89. The molecule has 2 unspecified atom stereocenters. The number of carbonyl (C=O) groups excluding carboxylic acids is 2. The molecule has 35 heavy (non-hydrogen) atoms. The molecule has 3 N–H and O–H groups in total. The second kappa shape index (κ2) is 12.2. The number of nitrogens with zero attached hydrogens (tertiary/aromatic N) is 1. The third kappa shape index (κ3) is 6.63. The van der Waals surface area contributed by atoms with Gasteiger partial charge in [0, 0.05) is 30.2 Å². The maximum absolute atomic E-state index is 13.7. The van der Waals surface area contributed by atoms with Gasteiger partial charge in [-0.05, 0) is 55.0 Å². The van der Waals surface area contributed by atoms with Crippen molar-refractivity contribution in [1.82, 2.24) is 4.90 Å². The van der Waals surface area contributed by atoms with Gasteiger partial charge in [0.05, 0.1) is 13.5 Å². The zero-order chi connectivity index (χ0) is 24.6. The molecule has 2 aromatic carbocycles. The highest BCUT2D eigenvalue weighted by Crippen LogP contribution is 2.31. The van der Waals surface area contributed by atoms with Crippen molar-refractivity contribution in [3.8, 4) is 5.75 Å². The number of nitrogens with one attached hydrogen (secondary N) is 1. The molecule has 188 valence electrons. The fourth-order valence-corrected chi connectivity index (χ4v) is 5.56. The lowest BCUT2D eigenvalue weighted by Crippen LogP contribution is -2.53. The van der Waals surface area contributed by atoms with Crippen LogP contribution in [-0.2, 0) is 22.6 Å². The maximum atomic E-state index is 13.7. The van der Waals surface area contributed by atoms with E-state index in [2.05, 4.69) is 5.32 Å². The van der Waals surface area contributed by atoms with Gasteiger partial charge in [0.25, 0.3) is 0 Å². The molecule has 0 radical (unpaired) electrons. The Balaban J connectivity index is 1.50. The van der Waals surface area contributed by atoms with E-state index < -0.39 is 0 Å². The van der Waals surface area contributed by atoms with Gasteiger partial charge in [-0.25, -0.2) is 0 Å². The Kier molecular flexibility index (Phi) is 8.80. The van der Waals surface area contributed by atoms with Crippen LogP contribution in [0.25, 0.3) is 0 Å². The molecule has 6 heteroatoms. The molecule has 2 fully saturated rings. The molecule has 2 aliphatic carbocycles. The lowest BCUT2D eigenvalue weighted by atomic mass is 9.85. The molecule has 2 amide bonds. The molecule has 0 heterocycles. The fraction of sp³-hybridized carbons (Fsp3) is 0.517. The molecule has 2 aliphatic rings. The Bertz CT molecular complexity index is 985. The molecule has 0 spiro atoms. The number of methoxy groups -OCH3 is 1. The molecule has 2 aromatic rings. The number of amides is 2. The summed E-state index contributed by atoms with van der Waals surface area (Å²) in [6.07, 6.45) is 9.82. The van der Waals surface area contributed by atoms with Gasteiger partial charge in [0.2, 0.25) is 11.8 Å². The highest BCUT2D eigenvalue weighted by atomic mass is 16.5. The molecule has 0 saturated heterocycles. The number of benzene rings is 2. The largest absolute Gasteiger partial charge is 0.497 e. The van der Waals surface area contributed by atoms with E-state index in [0.717, 1.165) is 73.9 Å². The molecule has 4 rings (SSSR count). The van der Waals surface area contributed by atoms with Crippen LogP contribution in [0.15, 0.2) is 48.5 Å². The van der Waals surface area contributed by atoms with E-state index in [9.17, 15) is 9.59 Å². The third-order valence-corrected chi connectivity index (χ3v) is 7.58. The number of nitrogens with two attached hydrogens (primary N) is 1. The van der Waals surface area contributed by atoms with Crippen molar-refractivity contribution in [1.29, 1.82) is 0 Å². The Hall–Kier alpha value is -2.86. The van der Waals surface area contributed by atoms with E-state index in [-0.39, 0.29) is 36.2 Å². The molecule has 0 aliphatic heterocycles. The number of para-hydroxylation sites is 1. The topological polar surface area (TPSA) is 84.7 Å². The van der Waals surface area contributed by atoms with Crippen LogP contribution in [0.5, 0.6) is 5.75 Å². The summed E-state index contributed by atoms with van der Waals surface area (Å²) in [5.74, 6) is 1.02. The average molecular weight is 478 g/mol. The van der Waals surface area contributed by atoms with Crippen molar-refractivity contribution in [2.75, 3.05) is 12.4 Å². The molecule has 6 nitrogen and oxygen atoms in total. The summed E-state index contributed by atoms with van der Waals surface area (Å²) in [5.41, 5.74) is 9.19. The van der Waals surface area contributed by atoms with Crippen LogP contribution in [0.4, 0.5) is 5.69 Å². The van der Waals surface area contributed by atoms with Crippen LogP contribution in [0.3, 0.4) is 0 Å². The van der Waals surface area contributed by atoms with Gasteiger partial charge in [0.1, 0.15) is 5.75 Å².